The van der Waals surface area contributed by atoms with E-state index < -0.39 is 0 Å². The van der Waals surface area contributed by atoms with Gasteiger partial charge in [-0.2, -0.15) is 4.33 Å². The molecule has 0 aromatic carbocycles. The van der Waals surface area contributed by atoms with E-state index in [1.807, 2.05) is 0 Å². The standard InChI is InChI=1S/C7H14O3S/c1-6-2-4-7(5-3-6)11-10-9-8/h6-8H,2-5H2,1H3/p-1. The van der Waals surface area contributed by atoms with Gasteiger partial charge < -0.3 is 5.26 Å². The molecule has 0 unspecified atom stereocenters. The van der Waals surface area contributed by atoms with Crippen molar-refractivity contribution in [1.29, 1.82) is 0 Å². The van der Waals surface area contributed by atoms with E-state index in [2.05, 4.69) is 16.3 Å². The van der Waals surface area contributed by atoms with Crippen molar-refractivity contribution in [2.75, 3.05) is 0 Å². The fourth-order valence-corrected chi connectivity index (χ4v) is 2.01. The van der Waals surface area contributed by atoms with Gasteiger partial charge in [0.2, 0.25) is 0 Å². The summed E-state index contributed by atoms with van der Waals surface area (Å²) < 4.78 is 4.27. The zero-order valence-corrected chi connectivity index (χ0v) is 7.43. The lowest BCUT2D eigenvalue weighted by atomic mass is 9.91. The number of hydrogen-bond acceptors (Lipinski definition) is 4. The largest absolute Gasteiger partial charge is 0.691 e. The first kappa shape index (κ1) is 9.32. The molecule has 0 saturated heterocycles. The smallest absolute Gasteiger partial charge is 0.0342 e. The maximum atomic E-state index is 9.49. The summed E-state index contributed by atoms with van der Waals surface area (Å²) in [5.41, 5.74) is 0. The van der Waals surface area contributed by atoms with Gasteiger partial charge in [0.15, 0.2) is 0 Å². The SMILES string of the molecule is CC1CCC(SOO[O-])CC1. The molecule has 0 radical (unpaired) electrons. The Morgan fingerprint density at radius 2 is 1.91 bits per heavy atom. The van der Waals surface area contributed by atoms with Gasteiger partial charge in [-0.1, -0.05) is 6.92 Å². The van der Waals surface area contributed by atoms with E-state index in [1.54, 1.807) is 0 Å². The van der Waals surface area contributed by atoms with Crippen LogP contribution in [0.25, 0.3) is 0 Å². The monoisotopic (exact) mass is 177 g/mol. The van der Waals surface area contributed by atoms with Gasteiger partial charge in [0.1, 0.15) is 0 Å². The molecule has 1 rings (SSSR count). The maximum Gasteiger partial charge on any atom is 0.0342 e. The molecule has 0 heterocycles. The molecule has 0 aromatic heterocycles. The predicted molar refractivity (Wildman–Crippen MR) is 41.2 cm³/mol. The highest BCUT2D eigenvalue weighted by Gasteiger charge is 2.18. The van der Waals surface area contributed by atoms with Crippen LogP contribution in [-0.2, 0) is 9.37 Å². The Bertz CT molecular complexity index is 99.1. The molecule has 11 heavy (non-hydrogen) atoms. The summed E-state index contributed by atoms with van der Waals surface area (Å²) in [7, 11) is 0. The van der Waals surface area contributed by atoms with E-state index in [0.29, 0.717) is 5.25 Å². The van der Waals surface area contributed by atoms with Crippen LogP contribution in [0.2, 0.25) is 0 Å². The van der Waals surface area contributed by atoms with E-state index in [0.717, 1.165) is 30.8 Å². The molecule has 0 aromatic rings. The van der Waals surface area contributed by atoms with Gasteiger partial charge in [0, 0.05) is 17.3 Å². The Balaban J connectivity index is 2.07. The molecule has 3 nitrogen and oxygen atoms in total. The van der Waals surface area contributed by atoms with Crippen LogP contribution < -0.4 is 5.26 Å². The molecule has 0 spiro atoms. The summed E-state index contributed by atoms with van der Waals surface area (Å²) in [5.74, 6) is 0.833. The van der Waals surface area contributed by atoms with Gasteiger partial charge in [-0.3, -0.25) is 5.04 Å². The van der Waals surface area contributed by atoms with Crippen LogP contribution in [0.3, 0.4) is 0 Å². The molecular weight excluding hydrogens is 164 g/mol. The summed E-state index contributed by atoms with van der Waals surface area (Å²) in [6.45, 7) is 2.26. The Morgan fingerprint density at radius 1 is 1.27 bits per heavy atom. The zero-order valence-electron chi connectivity index (χ0n) is 6.62. The van der Waals surface area contributed by atoms with E-state index in [9.17, 15) is 5.26 Å². The summed E-state index contributed by atoms with van der Waals surface area (Å²) >= 11 is 1.16. The first-order valence-electron chi connectivity index (χ1n) is 3.95. The fourth-order valence-electron chi connectivity index (χ4n) is 1.40. The predicted octanol–water partition coefficient (Wildman–Crippen LogP) is 1.44. The number of rotatable bonds is 3. The zero-order chi connectivity index (χ0) is 8.10. The van der Waals surface area contributed by atoms with Gasteiger partial charge in [0.25, 0.3) is 0 Å². The van der Waals surface area contributed by atoms with Crippen molar-refractivity contribution in [3.05, 3.63) is 0 Å². The lowest BCUT2D eigenvalue weighted by Gasteiger charge is -2.24. The third kappa shape index (κ3) is 3.42. The molecule has 4 heteroatoms. The van der Waals surface area contributed by atoms with E-state index >= 15 is 0 Å². The highest BCUT2D eigenvalue weighted by Crippen LogP contribution is 2.31. The Labute approximate surface area is 71.1 Å². The summed E-state index contributed by atoms with van der Waals surface area (Å²) in [6, 6.07) is 0. The van der Waals surface area contributed by atoms with Crippen LogP contribution in [0.4, 0.5) is 0 Å². The van der Waals surface area contributed by atoms with Gasteiger partial charge in [-0.25, -0.2) is 0 Å². The molecule has 0 amide bonds. The van der Waals surface area contributed by atoms with Crippen molar-refractivity contribution in [1.82, 2.24) is 0 Å². The fraction of sp³-hybridized carbons (Fsp3) is 1.00. The first-order chi connectivity index (χ1) is 5.33. The number of hydrogen-bond donors (Lipinski definition) is 0. The van der Waals surface area contributed by atoms with Crippen LogP contribution in [0.5, 0.6) is 0 Å². The molecule has 0 N–H and O–H groups in total. The summed E-state index contributed by atoms with van der Waals surface area (Å²) in [4.78, 5) is 0. The molecular formula is C7H13O3S-. The van der Waals surface area contributed by atoms with Gasteiger partial charge in [-0.05, 0) is 31.6 Å². The van der Waals surface area contributed by atoms with Crippen LogP contribution in [-0.4, -0.2) is 5.25 Å². The average Bonchev–Trinajstić information content (AvgIpc) is 2.04. The third-order valence-corrected chi connectivity index (χ3v) is 3.04. The Kier molecular flexibility index (Phi) is 4.22. The molecule has 0 bridgehead atoms. The van der Waals surface area contributed by atoms with Gasteiger partial charge in [-0.15, -0.1) is 0 Å². The van der Waals surface area contributed by atoms with Crippen molar-refractivity contribution in [2.45, 2.75) is 37.9 Å². The normalized spacial score (nSPS) is 32.2. The average molecular weight is 177 g/mol. The van der Waals surface area contributed by atoms with Gasteiger partial charge in [0.05, 0.1) is 0 Å². The molecule has 0 atom stereocenters. The van der Waals surface area contributed by atoms with Crippen LogP contribution in [0, 0.1) is 5.92 Å². The summed E-state index contributed by atoms with van der Waals surface area (Å²) in [6.07, 6.45) is 4.74. The summed E-state index contributed by atoms with van der Waals surface area (Å²) in [5, 5.41) is 13.2. The van der Waals surface area contributed by atoms with Crippen molar-refractivity contribution in [3.8, 4) is 0 Å². The van der Waals surface area contributed by atoms with Crippen LogP contribution >= 0.6 is 12.0 Å². The highest BCUT2D eigenvalue weighted by atomic mass is 32.2. The molecule has 1 fully saturated rings. The Morgan fingerprint density at radius 3 is 2.45 bits per heavy atom. The van der Waals surface area contributed by atoms with Gasteiger partial charge >= 0.3 is 0 Å². The van der Waals surface area contributed by atoms with Crippen molar-refractivity contribution in [3.63, 3.8) is 0 Å². The Hall–Kier alpha value is 0.230. The third-order valence-electron chi connectivity index (χ3n) is 2.17. The quantitative estimate of drug-likeness (QED) is 0.371. The molecule has 1 saturated carbocycles. The van der Waals surface area contributed by atoms with Crippen molar-refractivity contribution in [2.24, 2.45) is 5.92 Å². The molecule has 0 aliphatic heterocycles. The highest BCUT2D eigenvalue weighted by molar-refractivity contribution is 7.95. The molecule has 1 aliphatic carbocycles. The van der Waals surface area contributed by atoms with Crippen LogP contribution in [0.15, 0.2) is 0 Å². The minimum absolute atomic E-state index is 0.458. The second-order valence-corrected chi connectivity index (χ2v) is 4.11. The maximum absolute atomic E-state index is 9.49. The van der Waals surface area contributed by atoms with Crippen molar-refractivity contribution < 1.29 is 14.6 Å². The van der Waals surface area contributed by atoms with E-state index in [-0.39, 0.29) is 0 Å². The minimum atomic E-state index is 0.458. The van der Waals surface area contributed by atoms with E-state index in [1.165, 1.54) is 12.8 Å². The second-order valence-electron chi connectivity index (χ2n) is 3.11. The first-order valence-corrected chi connectivity index (χ1v) is 4.75. The lowest BCUT2D eigenvalue weighted by Crippen LogP contribution is -2.15. The van der Waals surface area contributed by atoms with Crippen molar-refractivity contribution >= 4 is 12.0 Å². The topological polar surface area (TPSA) is 41.5 Å². The molecule has 1 aliphatic rings. The van der Waals surface area contributed by atoms with E-state index in [4.69, 9.17) is 0 Å². The lowest BCUT2D eigenvalue weighted by molar-refractivity contribution is -0.777. The van der Waals surface area contributed by atoms with Crippen LogP contribution in [0.1, 0.15) is 32.6 Å². The second kappa shape index (κ2) is 4.98. The minimum Gasteiger partial charge on any atom is -0.691 e. The molecule has 66 valence electrons.